The molecule has 3 rings (SSSR count). The Bertz CT molecular complexity index is 745. The van der Waals surface area contributed by atoms with Crippen molar-refractivity contribution in [1.82, 2.24) is 9.97 Å². The number of aliphatic hydroxyl groups is 1. The minimum atomic E-state index is -0.0140. The van der Waals surface area contributed by atoms with Gasteiger partial charge in [-0.3, -0.25) is 0 Å². The van der Waals surface area contributed by atoms with E-state index in [0.717, 1.165) is 37.0 Å². The summed E-state index contributed by atoms with van der Waals surface area (Å²) in [5, 5.41) is 13.0. The molecule has 0 amide bonds. The zero-order chi connectivity index (χ0) is 18.7. The molecule has 0 bridgehead atoms. The zero-order valence-electron chi connectivity index (χ0n) is 16.2. The smallest absolute Gasteiger partial charge is 0.135 e. The lowest BCUT2D eigenvalue weighted by Gasteiger charge is -2.31. The summed E-state index contributed by atoms with van der Waals surface area (Å²) in [5.41, 5.74) is 2.80. The molecule has 5 nitrogen and oxygen atoms in total. The van der Waals surface area contributed by atoms with Crippen LogP contribution in [0.4, 0.5) is 11.6 Å². The van der Waals surface area contributed by atoms with Gasteiger partial charge in [0, 0.05) is 25.1 Å². The van der Waals surface area contributed by atoms with Crippen LogP contribution in [0.25, 0.3) is 0 Å². The Morgan fingerprint density at radius 3 is 2.50 bits per heavy atom. The molecular weight excluding hydrogens is 324 g/mol. The van der Waals surface area contributed by atoms with Crippen molar-refractivity contribution in [3.05, 3.63) is 47.3 Å². The molecular formula is C21H30N4O. The number of aliphatic hydroxyl groups excluding tert-OH is 1. The Morgan fingerprint density at radius 2 is 1.85 bits per heavy atom. The molecule has 0 unspecified atom stereocenters. The minimum absolute atomic E-state index is 0.0140. The highest BCUT2D eigenvalue weighted by atomic mass is 16.3. The number of nitrogens with one attached hydrogen (secondary N) is 1. The number of hydrogen-bond acceptors (Lipinski definition) is 5. The van der Waals surface area contributed by atoms with E-state index in [1.165, 1.54) is 11.1 Å². The van der Waals surface area contributed by atoms with Gasteiger partial charge in [0.25, 0.3) is 0 Å². The van der Waals surface area contributed by atoms with Crippen molar-refractivity contribution >= 4 is 11.6 Å². The summed E-state index contributed by atoms with van der Waals surface area (Å²) >= 11 is 0. The lowest BCUT2D eigenvalue weighted by atomic mass is 10.00. The molecule has 1 atom stereocenters. The van der Waals surface area contributed by atoms with Crippen LogP contribution in [0, 0.1) is 5.92 Å². The first-order chi connectivity index (χ1) is 12.5. The largest absolute Gasteiger partial charge is 0.394 e. The minimum Gasteiger partial charge on any atom is -0.394 e. The normalized spacial score (nSPS) is 15.3. The quantitative estimate of drug-likeness (QED) is 0.830. The Labute approximate surface area is 156 Å². The van der Waals surface area contributed by atoms with Crippen LogP contribution in [0.15, 0.2) is 30.3 Å². The van der Waals surface area contributed by atoms with E-state index >= 15 is 0 Å². The third-order valence-corrected chi connectivity index (χ3v) is 5.04. The number of fused-ring (bicyclic) bond motifs is 1. The van der Waals surface area contributed by atoms with Gasteiger partial charge in [0.15, 0.2) is 0 Å². The summed E-state index contributed by atoms with van der Waals surface area (Å²) in [6.45, 7) is 10.3. The Morgan fingerprint density at radius 1 is 1.12 bits per heavy atom. The van der Waals surface area contributed by atoms with Crippen molar-refractivity contribution < 1.29 is 5.11 Å². The fourth-order valence-electron chi connectivity index (χ4n) is 3.25. The molecule has 26 heavy (non-hydrogen) atoms. The second kappa shape index (κ2) is 8.04. The lowest BCUT2D eigenvalue weighted by Crippen LogP contribution is -2.32. The van der Waals surface area contributed by atoms with Gasteiger partial charge in [-0.15, -0.1) is 0 Å². The standard InChI is InChI=1S/C21H30N4O/c1-14(2)18(13-26)22-19-11-20(24-21(23-19)15(3)4)25-10-9-16-7-5-6-8-17(16)12-25/h5-8,11,14-15,18,26H,9-10,12-13H2,1-4H3,(H,22,23,24)/t18-/m0/s1. The fraction of sp³-hybridized carbons (Fsp3) is 0.524. The van der Waals surface area contributed by atoms with Crippen LogP contribution < -0.4 is 10.2 Å². The first kappa shape index (κ1) is 18.6. The highest BCUT2D eigenvalue weighted by Gasteiger charge is 2.20. The predicted octanol–water partition coefficient (Wildman–Crippen LogP) is 3.59. The third kappa shape index (κ3) is 4.15. The van der Waals surface area contributed by atoms with Gasteiger partial charge in [-0.1, -0.05) is 52.0 Å². The maximum Gasteiger partial charge on any atom is 0.135 e. The van der Waals surface area contributed by atoms with Gasteiger partial charge in [0.1, 0.15) is 17.5 Å². The molecule has 0 spiro atoms. The molecule has 5 heteroatoms. The number of hydrogen-bond donors (Lipinski definition) is 2. The molecule has 1 aromatic carbocycles. The van der Waals surface area contributed by atoms with Crippen molar-refractivity contribution in [3.8, 4) is 0 Å². The number of rotatable bonds is 6. The summed E-state index contributed by atoms with van der Waals surface area (Å²) in [6, 6.07) is 10.6. The van der Waals surface area contributed by atoms with Crippen LogP contribution in [-0.4, -0.2) is 34.3 Å². The number of benzene rings is 1. The first-order valence-electron chi connectivity index (χ1n) is 9.56. The Kier molecular flexibility index (Phi) is 5.77. The molecule has 0 radical (unpaired) electrons. The van der Waals surface area contributed by atoms with E-state index in [1.807, 2.05) is 6.07 Å². The number of nitrogens with zero attached hydrogens (tertiary/aromatic N) is 3. The lowest BCUT2D eigenvalue weighted by molar-refractivity contribution is 0.249. The van der Waals surface area contributed by atoms with E-state index in [9.17, 15) is 5.11 Å². The highest BCUT2D eigenvalue weighted by Crippen LogP contribution is 2.26. The van der Waals surface area contributed by atoms with Gasteiger partial charge in [-0.25, -0.2) is 9.97 Å². The van der Waals surface area contributed by atoms with Crippen LogP contribution in [0.5, 0.6) is 0 Å². The van der Waals surface area contributed by atoms with Crippen molar-refractivity contribution in [2.75, 3.05) is 23.4 Å². The third-order valence-electron chi connectivity index (χ3n) is 5.04. The average Bonchev–Trinajstić information content (AvgIpc) is 2.65. The van der Waals surface area contributed by atoms with Crippen molar-refractivity contribution in [1.29, 1.82) is 0 Å². The maximum atomic E-state index is 9.65. The first-order valence-corrected chi connectivity index (χ1v) is 9.56. The molecule has 2 heterocycles. The predicted molar refractivity (Wildman–Crippen MR) is 107 cm³/mol. The molecule has 140 valence electrons. The molecule has 2 aromatic rings. The van der Waals surface area contributed by atoms with Gasteiger partial charge in [0.05, 0.1) is 12.6 Å². The van der Waals surface area contributed by atoms with Crippen LogP contribution in [0.3, 0.4) is 0 Å². The molecule has 0 saturated carbocycles. The van der Waals surface area contributed by atoms with E-state index in [0.29, 0.717) is 5.92 Å². The zero-order valence-corrected chi connectivity index (χ0v) is 16.2. The van der Waals surface area contributed by atoms with Crippen molar-refractivity contribution in [2.45, 2.75) is 52.6 Å². The molecule has 2 N–H and O–H groups in total. The average molecular weight is 354 g/mol. The van der Waals surface area contributed by atoms with Gasteiger partial charge >= 0.3 is 0 Å². The topological polar surface area (TPSA) is 61.3 Å². The van der Waals surface area contributed by atoms with E-state index in [2.05, 4.69) is 67.2 Å². The fourth-order valence-corrected chi connectivity index (χ4v) is 3.25. The van der Waals surface area contributed by atoms with Crippen molar-refractivity contribution in [2.24, 2.45) is 5.92 Å². The van der Waals surface area contributed by atoms with Crippen LogP contribution in [0.1, 0.15) is 50.6 Å². The van der Waals surface area contributed by atoms with Crippen molar-refractivity contribution in [3.63, 3.8) is 0 Å². The van der Waals surface area contributed by atoms with E-state index in [4.69, 9.17) is 4.98 Å². The summed E-state index contributed by atoms with van der Waals surface area (Å²) in [6.07, 6.45) is 1.03. The molecule has 1 aliphatic heterocycles. The number of anilines is 2. The van der Waals surface area contributed by atoms with Gasteiger partial charge in [-0.2, -0.15) is 0 Å². The van der Waals surface area contributed by atoms with Crippen LogP contribution in [-0.2, 0) is 13.0 Å². The Hall–Kier alpha value is -2.14. The molecule has 1 aliphatic rings. The molecule has 0 aliphatic carbocycles. The maximum absolute atomic E-state index is 9.65. The summed E-state index contributed by atoms with van der Waals surface area (Å²) in [7, 11) is 0. The summed E-state index contributed by atoms with van der Waals surface area (Å²) < 4.78 is 0. The second-order valence-electron chi connectivity index (χ2n) is 7.74. The van der Waals surface area contributed by atoms with E-state index in [-0.39, 0.29) is 18.6 Å². The Balaban J connectivity index is 1.89. The highest BCUT2D eigenvalue weighted by molar-refractivity contribution is 5.52. The summed E-state index contributed by atoms with van der Waals surface area (Å²) in [4.78, 5) is 11.8. The van der Waals surface area contributed by atoms with E-state index < -0.39 is 0 Å². The van der Waals surface area contributed by atoms with E-state index in [1.54, 1.807) is 0 Å². The van der Waals surface area contributed by atoms with Crippen LogP contribution >= 0.6 is 0 Å². The monoisotopic (exact) mass is 354 g/mol. The SMILES string of the molecule is CC(C)c1nc(N[C@@H](CO)C(C)C)cc(N2CCc3ccccc3C2)n1. The van der Waals surface area contributed by atoms with Gasteiger partial charge in [0.2, 0.25) is 0 Å². The van der Waals surface area contributed by atoms with Gasteiger partial charge in [-0.05, 0) is 23.5 Å². The molecule has 0 fully saturated rings. The molecule has 1 aromatic heterocycles. The second-order valence-corrected chi connectivity index (χ2v) is 7.74. The molecule has 0 saturated heterocycles. The van der Waals surface area contributed by atoms with Crippen LogP contribution in [0.2, 0.25) is 0 Å². The summed E-state index contributed by atoms with van der Waals surface area (Å²) in [5.74, 6) is 3.16. The van der Waals surface area contributed by atoms with Gasteiger partial charge < -0.3 is 15.3 Å². The number of aromatic nitrogens is 2.